The number of anilines is 2. The van der Waals surface area contributed by atoms with Gasteiger partial charge in [0, 0.05) is 18.1 Å². The smallest absolute Gasteiger partial charge is 0.266 e. The molecule has 1 heterocycles. The number of carbonyl (C=O) groups is 1. The second-order valence-corrected chi connectivity index (χ2v) is 6.42. The summed E-state index contributed by atoms with van der Waals surface area (Å²) >= 11 is 6.10. The molecule has 0 bridgehead atoms. The van der Waals surface area contributed by atoms with Crippen LogP contribution in [0.2, 0.25) is 5.02 Å². The molecule has 0 unspecified atom stereocenters. The molecule has 0 radical (unpaired) electrons. The van der Waals surface area contributed by atoms with Crippen LogP contribution >= 0.6 is 11.6 Å². The van der Waals surface area contributed by atoms with E-state index >= 15 is 0 Å². The molecule has 0 atom stereocenters. The molecule has 2 aromatic rings. The van der Waals surface area contributed by atoms with Gasteiger partial charge < -0.3 is 20.1 Å². The van der Waals surface area contributed by atoms with Gasteiger partial charge in [0.2, 0.25) is 0 Å². The maximum absolute atomic E-state index is 12.6. The lowest BCUT2D eigenvalue weighted by Gasteiger charge is -2.30. The number of phenols is 1. The van der Waals surface area contributed by atoms with Gasteiger partial charge in [-0.2, -0.15) is 5.26 Å². The number of ether oxygens (including phenoxy) is 1. The first-order valence-electron chi connectivity index (χ1n) is 8.41. The number of amides is 1. The van der Waals surface area contributed by atoms with E-state index in [1.54, 1.807) is 24.3 Å². The number of benzene rings is 2. The SMILES string of the molecule is N#CC(=Cc1cccc(O)c1)C(=O)Nc1cc(Cl)ccc1N1CCOCC1. The largest absolute Gasteiger partial charge is 0.508 e. The fourth-order valence-electron chi connectivity index (χ4n) is 2.81. The van der Waals surface area contributed by atoms with Crippen LogP contribution in [0.3, 0.4) is 0 Å². The van der Waals surface area contributed by atoms with Crippen molar-refractivity contribution in [1.29, 1.82) is 5.26 Å². The van der Waals surface area contributed by atoms with Gasteiger partial charge in [0.15, 0.2) is 0 Å². The lowest BCUT2D eigenvalue weighted by Crippen LogP contribution is -2.36. The number of nitrogens with zero attached hydrogens (tertiary/aromatic N) is 2. The molecule has 1 amide bonds. The molecule has 2 aromatic carbocycles. The van der Waals surface area contributed by atoms with E-state index in [-0.39, 0.29) is 11.3 Å². The summed E-state index contributed by atoms with van der Waals surface area (Å²) in [4.78, 5) is 14.7. The lowest BCUT2D eigenvalue weighted by atomic mass is 10.1. The predicted molar refractivity (Wildman–Crippen MR) is 105 cm³/mol. The zero-order valence-electron chi connectivity index (χ0n) is 14.5. The van der Waals surface area contributed by atoms with Gasteiger partial charge in [-0.15, -0.1) is 0 Å². The van der Waals surface area contributed by atoms with E-state index in [1.165, 1.54) is 18.2 Å². The minimum Gasteiger partial charge on any atom is -0.508 e. The van der Waals surface area contributed by atoms with E-state index in [9.17, 15) is 15.2 Å². The van der Waals surface area contributed by atoms with Crippen LogP contribution in [0.1, 0.15) is 5.56 Å². The Kier molecular flexibility index (Phi) is 5.97. The molecule has 6 nitrogen and oxygen atoms in total. The average Bonchev–Trinajstić information content (AvgIpc) is 2.67. The van der Waals surface area contributed by atoms with Gasteiger partial charge in [0.05, 0.1) is 24.6 Å². The lowest BCUT2D eigenvalue weighted by molar-refractivity contribution is -0.112. The fourth-order valence-corrected chi connectivity index (χ4v) is 2.98. The molecule has 27 heavy (non-hydrogen) atoms. The molecule has 1 saturated heterocycles. The van der Waals surface area contributed by atoms with E-state index in [4.69, 9.17) is 16.3 Å². The minimum absolute atomic E-state index is 0.0610. The molecular weight excluding hydrogens is 366 g/mol. The zero-order chi connectivity index (χ0) is 19.2. The molecule has 138 valence electrons. The van der Waals surface area contributed by atoms with Crippen LogP contribution in [0.15, 0.2) is 48.0 Å². The zero-order valence-corrected chi connectivity index (χ0v) is 15.2. The maximum atomic E-state index is 12.6. The van der Waals surface area contributed by atoms with E-state index in [0.29, 0.717) is 42.6 Å². The second-order valence-electron chi connectivity index (χ2n) is 5.98. The monoisotopic (exact) mass is 383 g/mol. The number of hydrogen-bond donors (Lipinski definition) is 2. The molecule has 1 aliphatic heterocycles. The summed E-state index contributed by atoms with van der Waals surface area (Å²) in [5, 5.41) is 22.2. The summed E-state index contributed by atoms with van der Waals surface area (Å²) in [6.45, 7) is 2.62. The summed E-state index contributed by atoms with van der Waals surface area (Å²) in [5.41, 5.74) is 1.84. The van der Waals surface area contributed by atoms with E-state index in [1.807, 2.05) is 12.1 Å². The van der Waals surface area contributed by atoms with Crippen LogP contribution in [-0.2, 0) is 9.53 Å². The highest BCUT2D eigenvalue weighted by Crippen LogP contribution is 2.30. The highest BCUT2D eigenvalue weighted by molar-refractivity contribution is 6.31. The quantitative estimate of drug-likeness (QED) is 0.624. The van der Waals surface area contributed by atoms with Gasteiger partial charge >= 0.3 is 0 Å². The van der Waals surface area contributed by atoms with Crippen LogP contribution in [-0.4, -0.2) is 37.3 Å². The standard InChI is InChI=1S/C20H18ClN3O3/c21-16-4-5-19(24-6-8-27-9-7-24)18(12-16)23-20(26)15(13-22)10-14-2-1-3-17(25)11-14/h1-5,10-12,25H,6-9H2,(H,23,26). The third-order valence-electron chi connectivity index (χ3n) is 4.10. The number of aromatic hydroxyl groups is 1. The first-order valence-corrected chi connectivity index (χ1v) is 8.79. The van der Waals surface area contributed by atoms with Crippen LogP contribution in [0.4, 0.5) is 11.4 Å². The van der Waals surface area contributed by atoms with Crippen molar-refractivity contribution in [2.45, 2.75) is 0 Å². The van der Waals surface area contributed by atoms with Crippen LogP contribution < -0.4 is 10.2 Å². The Morgan fingerprint density at radius 2 is 2.04 bits per heavy atom. The molecule has 3 rings (SSSR count). The molecular formula is C20H18ClN3O3. The summed E-state index contributed by atoms with van der Waals surface area (Å²) in [7, 11) is 0. The van der Waals surface area contributed by atoms with Crippen LogP contribution in [0.5, 0.6) is 5.75 Å². The second kappa shape index (κ2) is 8.58. The summed E-state index contributed by atoms with van der Waals surface area (Å²) in [6.07, 6.45) is 1.42. The minimum atomic E-state index is -0.544. The van der Waals surface area contributed by atoms with E-state index < -0.39 is 5.91 Å². The molecule has 0 spiro atoms. The van der Waals surface area contributed by atoms with Gasteiger partial charge in [-0.1, -0.05) is 23.7 Å². The number of phenolic OH excluding ortho intramolecular Hbond substituents is 1. The number of nitrogens with one attached hydrogen (secondary N) is 1. The van der Waals surface area contributed by atoms with Crippen molar-refractivity contribution >= 4 is 35.0 Å². The number of hydrogen-bond acceptors (Lipinski definition) is 5. The third-order valence-corrected chi connectivity index (χ3v) is 4.34. The van der Waals surface area contributed by atoms with Crippen molar-refractivity contribution in [3.8, 4) is 11.8 Å². The predicted octanol–water partition coefficient (Wildman–Crippen LogP) is 3.43. The van der Waals surface area contributed by atoms with E-state index in [0.717, 1.165) is 5.69 Å². The molecule has 0 saturated carbocycles. The van der Waals surface area contributed by atoms with Crippen molar-refractivity contribution in [2.75, 3.05) is 36.5 Å². The number of rotatable bonds is 4. The Morgan fingerprint density at radius 3 is 2.74 bits per heavy atom. The highest BCUT2D eigenvalue weighted by atomic mass is 35.5. The normalized spacial score (nSPS) is 14.5. The van der Waals surface area contributed by atoms with Crippen molar-refractivity contribution in [1.82, 2.24) is 0 Å². The fraction of sp³-hybridized carbons (Fsp3) is 0.200. The maximum Gasteiger partial charge on any atom is 0.266 e. The van der Waals surface area contributed by atoms with Crippen molar-refractivity contribution < 1.29 is 14.6 Å². The average molecular weight is 384 g/mol. The van der Waals surface area contributed by atoms with Crippen molar-refractivity contribution in [2.24, 2.45) is 0 Å². The van der Waals surface area contributed by atoms with Gasteiger partial charge in [0.25, 0.3) is 5.91 Å². The molecule has 0 aromatic heterocycles. The Balaban J connectivity index is 1.86. The summed E-state index contributed by atoms with van der Waals surface area (Å²) in [5.74, 6) is -0.483. The number of morpholine rings is 1. The molecule has 0 aliphatic carbocycles. The third kappa shape index (κ3) is 4.79. The molecule has 1 aliphatic rings. The molecule has 7 heteroatoms. The Labute approximate surface area is 162 Å². The summed E-state index contributed by atoms with van der Waals surface area (Å²) < 4.78 is 5.37. The summed E-state index contributed by atoms with van der Waals surface area (Å²) in [6, 6.07) is 13.5. The van der Waals surface area contributed by atoms with Crippen LogP contribution in [0, 0.1) is 11.3 Å². The van der Waals surface area contributed by atoms with Gasteiger partial charge in [-0.05, 0) is 42.0 Å². The Bertz CT molecular complexity index is 915. The first kappa shape index (κ1) is 18.8. The van der Waals surface area contributed by atoms with Crippen molar-refractivity contribution in [3.63, 3.8) is 0 Å². The Hall–Kier alpha value is -3.01. The van der Waals surface area contributed by atoms with Gasteiger partial charge in [0.1, 0.15) is 17.4 Å². The molecule has 1 fully saturated rings. The van der Waals surface area contributed by atoms with E-state index in [2.05, 4.69) is 10.2 Å². The number of nitriles is 1. The number of halogens is 1. The Morgan fingerprint density at radius 1 is 1.26 bits per heavy atom. The van der Waals surface area contributed by atoms with Crippen LogP contribution in [0.25, 0.3) is 6.08 Å². The molecule has 2 N–H and O–H groups in total. The van der Waals surface area contributed by atoms with Gasteiger partial charge in [-0.3, -0.25) is 4.79 Å². The van der Waals surface area contributed by atoms with Crippen molar-refractivity contribution in [3.05, 3.63) is 58.6 Å². The number of carbonyl (C=O) groups excluding carboxylic acids is 1. The highest BCUT2D eigenvalue weighted by Gasteiger charge is 2.18. The first-order chi connectivity index (χ1) is 13.1. The topological polar surface area (TPSA) is 85.6 Å². The van der Waals surface area contributed by atoms with Gasteiger partial charge in [-0.25, -0.2) is 0 Å².